The van der Waals surface area contributed by atoms with Crippen molar-refractivity contribution in [2.24, 2.45) is 5.92 Å². The van der Waals surface area contributed by atoms with Crippen molar-refractivity contribution in [3.63, 3.8) is 0 Å². The van der Waals surface area contributed by atoms with Crippen molar-refractivity contribution >= 4 is 5.97 Å². The van der Waals surface area contributed by atoms with Crippen molar-refractivity contribution in [3.8, 4) is 0 Å². The normalized spacial score (nSPS) is 21.8. The summed E-state index contributed by atoms with van der Waals surface area (Å²) in [5.74, 6) is -0.986. The summed E-state index contributed by atoms with van der Waals surface area (Å²) in [6.07, 6.45) is 0.168. The van der Waals surface area contributed by atoms with Crippen molar-refractivity contribution in [1.29, 1.82) is 0 Å². The fourth-order valence-corrected chi connectivity index (χ4v) is 2.11. The average Bonchev–Trinajstić information content (AvgIpc) is 2.15. The molecule has 0 saturated carbocycles. The first-order chi connectivity index (χ1) is 7.44. The lowest BCUT2D eigenvalue weighted by Crippen LogP contribution is -2.67. The average molecular weight is 231 g/mol. The Morgan fingerprint density at radius 2 is 1.88 bits per heavy atom. The van der Waals surface area contributed by atoms with Gasteiger partial charge in [-0.1, -0.05) is 13.8 Å². The highest BCUT2D eigenvalue weighted by molar-refractivity contribution is 5.67. The van der Waals surface area contributed by atoms with E-state index in [1.54, 1.807) is 14.2 Å². The van der Waals surface area contributed by atoms with Gasteiger partial charge in [0, 0.05) is 20.3 Å². The van der Waals surface area contributed by atoms with Gasteiger partial charge in [-0.15, -0.1) is 0 Å². The Kier molecular flexibility index (Phi) is 4.29. The maximum absolute atomic E-state index is 10.8. The second-order valence-corrected chi connectivity index (χ2v) is 4.63. The van der Waals surface area contributed by atoms with Crippen molar-refractivity contribution in [1.82, 2.24) is 4.90 Å². The molecule has 1 aliphatic heterocycles. The van der Waals surface area contributed by atoms with Crippen LogP contribution in [0.25, 0.3) is 0 Å². The van der Waals surface area contributed by atoms with Crippen LogP contribution in [0.2, 0.25) is 0 Å². The predicted octanol–water partition coefficient (Wildman–Crippen LogP) is 0.790. The summed E-state index contributed by atoms with van der Waals surface area (Å²) in [6.45, 7) is 5.34. The number of hydrogen-bond acceptors (Lipinski definition) is 4. The van der Waals surface area contributed by atoms with Gasteiger partial charge >= 0.3 is 5.97 Å². The number of likely N-dealkylation sites (tertiary alicyclic amines) is 1. The molecule has 5 heteroatoms. The van der Waals surface area contributed by atoms with Gasteiger partial charge in [-0.05, 0) is 5.92 Å². The van der Waals surface area contributed by atoms with Crippen molar-refractivity contribution < 1.29 is 19.4 Å². The molecule has 0 bridgehead atoms. The van der Waals surface area contributed by atoms with Gasteiger partial charge in [-0.2, -0.15) is 0 Å². The number of ether oxygens (including phenoxy) is 2. The van der Waals surface area contributed by atoms with E-state index in [2.05, 4.69) is 4.90 Å². The summed E-state index contributed by atoms with van der Waals surface area (Å²) >= 11 is 0. The molecule has 1 N–H and O–H groups in total. The Labute approximate surface area is 96.3 Å². The molecular formula is C11H21NO4. The Bertz CT molecular complexity index is 242. The first-order valence-electron chi connectivity index (χ1n) is 5.50. The SMILES string of the molecule is COC1(OC)CN(C(CC(=O)O)C(C)C)C1. The van der Waals surface area contributed by atoms with Crippen LogP contribution >= 0.6 is 0 Å². The summed E-state index contributed by atoms with van der Waals surface area (Å²) in [7, 11) is 3.23. The van der Waals surface area contributed by atoms with E-state index in [1.807, 2.05) is 13.8 Å². The van der Waals surface area contributed by atoms with Gasteiger partial charge < -0.3 is 14.6 Å². The minimum atomic E-state index is -0.758. The van der Waals surface area contributed by atoms with Crippen LogP contribution in [0.3, 0.4) is 0 Å². The smallest absolute Gasteiger partial charge is 0.304 e. The second kappa shape index (κ2) is 5.12. The Balaban J connectivity index is 2.54. The monoisotopic (exact) mass is 231 g/mol. The van der Waals surface area contributed by atoms with E-state index in [0.717, 1.165) is 0 Å². The highest BCUT2D eigenvalue weighted by atomic mass is 16.7. The van der Waals surface area contributed by atoms with Crippen molar-refractivity contribution in [3.05, 3.63) is 0 Å². The van der Waals surface area contributed by atoms with Gasteiger partial charge in [-0.3, -0.25) is 9.69 Å². The number of rotatable bonds is 6. The molecule has 94 valence electrons. The highest BCUT2D eigenvalue weighted by Gasteiger charge is 2.47. The number of methoxy groups -OCH3 is 2. The number of nitrogens with zero attached hydrogens (tertiary/aromatic N) is 1. The van der Waals surface area contributed by atoms with Crippen LogP contribution in [0, 0.1) is 5.92 Å². The zero-order valence-corrected chi connectivity index (χ0v) is 10.4. The lowest BCUT2D eigenvalue weighted by Gasteiger charge is -2.51. The topological polar surface area (TPSA) is 59.0 Å². The summed E-state index contributed by atoms with van der Waals surface area (Å²) in [6, 6.07) is 0.0518. The molecule has 16 heavy (non-hydrogen) atoms. The van der Waals surface area contributed by atoms with E-state index in [9.17, 15) is 4.79 Å². The third-order valence-electron chi connectivity index (χ3n) is 3.25. The molecular weight excluding hydrogens is 210 g/mol. The summed E-state index contributed by atoms with van der Waals surface area (Å²) in [5, 5.41) is 8.86. The number of aliphatic carboxylic acids is 1. The molecule has 1 heterocycles. The third-order valence-corrected chi connectivity index (χ3v) is 3.25. The molecule has 5 nitrogen and oxygen atoms in total. The molecule has 0 spiro atoms. The molecule has 0 aromatic carbocycles. The van der Waals surface area contributed by atoms with Gasteiger partial charge in [-0.25, -0.2) is 0 Å². The van der Waals surface area contributed by atoms with E-state index in [4.69, 9.17) is 14.6 Å². The number of carboxylic acid groups (broad SMARTS) is 1. The Morgan fingerprint density at radius 3 is 2.19 bits per heavy atom. The van der Waals surface area contributed by atoms with Crippen LogP contribution in [0.15, 0.2) is 0 Å². The van der Waals surface area contributed by atoms with Gasteiger partial charge in [0.1, 0.15) is 0 Å². The molecule has 0 amide bonds. The largest absolute Gasteiger partial charge is 0.481 e. The van der Waals surface area contributed by atoms with Crippen LogP contribution < -0.4 is 0 Å². The molecule has 0 aromatic heterocycles. The minimum Gasteiger partial charge on any atom is -0.481 e. The van der Waals surface area contributed by atoms with Crippen LogP contribution in [-0.4, -0.2) is 55.1 Å². The van der Waals surface area contributed by atoms with E-state index in [1.165, 1.54) is 0 Å². The van der Waals surface area contributed by atoms with Gasteiger partial charge in [0.25, 0.3) is 0 Å². The number of hydrogen-bond donors (Lipinski definition) is 1. The molecule has 1 rings (SSSR count). The zero-order chi connectivity index (χ0) is 12.3. The predicted molar refractivity (Wildman–Crippen MR) is 59.2 cm³/mol. The molecule has 0 aliphatic carbocycles. The van der Waals surface area contributed by atoms with E-state index < -0.39 is 11.8 Å². The lowest BCUT2D eigenvalue weighted by molar-refractivity contribution is -0.284. The highest BCUT2D eigenvalue weighted by Crippen LogP contribution is 2.30. The maximum Gasteiger partial charge on any atom is 0.304 e. The fourth-order valence-electron chi connectivity index (χ4n) is 2.11. The van der Waals surface area contributed by atoms with E-state index in [-0.39, 0.29) is 12.5 Å². The quantitative estimate of drug-likeness (QED) is 0.685. The molecule has 1 unspecified atom stereocenters. The van der Waals surface area contributed by atoms with Crippen LogP contribution in [0.5, 0.6) is 0 Å². The lowest BCUT2D eigenvalue weighted by atomic mass is 9.93. The zero-order valence-electron chi connectivity index (χ0n) is 10.4. The Hall–Kier alpha value is -0.650. The molecule has 0 radical (unpaired) electrons. The van der Waals surface area contributed by atoms with Crippen molar-refractivity contribution in [2.45, 2.75) is 32.1 Å². The maximum atomic E-state index is 10.8. The van der Waals surface area contributed by atoms with Crippen molar-refractivity contribution in [2.75, 3.05) is 27.3 Å². The third kappa shape index (κ3) is 2.72. The van der Waals surface area contributed by atoms with Gasteiger partial charge in [0.15, 0.2) is 5.79 Å². The first kappa shape index (κ1) is 13.4. The van der Waals surface area contributed by atoms with E-state index >= 15 is 0 Å². The summed E-state index contributed by atoms with van der Waals surface area (Å²) < 4.78 is 10.6. The molecule has 1 fully saturated rings. The van der Waals surface area contributed by atoms with Gasteiger partial charge in [0.2, 0.25) is 0 Å². The molecule has 1 aliphatic rings. The molecule has 1 atom stereocenters. The number of carbonyl (C=O) groups is 1. The standard InChI is InChI=1S/C11H21NO4/c1-8(2)9(5-10(13)14)12-6-11(7-12,15-3)16-4/h8-9H,5-7H2,1-4H3,(H,13,14). The fraction of sp³-hybridized carbons (Fsp3) is 0.909. The Morgan fingerprint density at radius 1 is 1.38 bits per heavy atom. The second-order valence-electron chi connectivity index (χ2n) is 4.63. The molecule has 1 saturated heterocycles. The van der Waals surface area contributed by atoms with Crippen LogP contribution in [-0.2, 0) is 14.3 Å². The molecule has 0 aromatic rings. The summed E-state index contributed by atoms with van der Waals surface area (Å²) in [5.41, 5.74) is 0. The van der Waals surface area contributed by atoms with E-state index in [0.29, 0.717) is 19.0 Å². The van der Waals surface area contributed by atoms with Crippen LogP contribution in [0.4, 0.5) is 0 Å². The minimum absolute atomic E-state index is 0.0518. The van der Waals surface area contributed by atoms with Crippen LogP contribution in [0.1, 0.15) is 20.3 Å². The number of carboxylic acids is 1. The van der Waals surface area contributed by atoms with Gasteiger partial charge in [0.05, 0.1) is 19.5 Å². The summed E-state index contributed by atoms with van der Waals surface area (Å²) in [4.78, 5) is 12.9. The first-order valence-corrected chi connectivity index (χ1v) is 5.50.